The molecule has 2 rings (SSSR count). The van der Waals surface area contributed by atoms with Gasteiger partial charge in [0.15, 0.2) is 6.61 Å². The summed E-state index contributed by atoms with van der Waals surface area (Å²) in [6, 6.07) is 13.1. The molecule has 1 aromatic carbocycles. The zero-order chi connectivity index (χ0) is 18.2. The first-order chi connectivity index (χ1) is 12.1. The number of carbonyl (C=O) groups excluding carboxylic acids is 2. The second-order valence-corrected chi connectivity index (χ2v) is 6.62. The van der Waals surface area contributed by atoms with Gasteiger partial charge in [-0.05, 0) is 22.9 Å². The van der Waals surface area contributed by atoms with E-state index in [-0.39, 0.29) is 12.5 Å². The van der Waals surface area contributed by atoms with Gasteiger partial charge < -0.3 is 10.1 Å². The summed E-state index contributed by atoms with van der Waals surface area (Å²) in [6.07, 6.45) is 0.821. The molecule has 0 aliphatic heterocycles. The van der Waals surface area contributed by atoms with Crippen molar-refractivity contribution in [3.63, 3.8) is 0 Å². The lowest BCUT2D eigenvalue weighted by atomic mass is 9.86. The highest BCUT2D eigenvalue weighted by atomic mass is 32.1. The lowest BCUT2D eigenvalue weighted by Crippen LogP contribution is -2.26. The second-order valence-electron chi connectivity index (χ2n) is 5.70. The molecule has 0 bridgehead atoms. The summed E-state index contributed by atoms with van der Waals surface area (Å²) in [7, 11) is 0. The summed E-state index contributed by atoms with van der Waals surface area (Å²) in [6.45, 7) is 3.63. The van der Waals surface area contributed by atoms with E-state index in [1.54, 1.807) is 11.4 Å². The number of nitriles is 1. The van der Waals surface area contributed by atoms with Gasteiger partial charge in [-0.2, -0.15) is 5.26 Å². The van der Waals surface area contributed by atoms with Gasteiger partial charge in [0.25, 0.3) is 5.91 Å². The fourth-order valence-electron chi connectivity index (χ4n) is 2.48. The number of rotatable bonds is 7. The Morgan fingerprint density at radius 3 is 2.64 bits per heavy atom. The second kappa shape index (κ2) is 9.00. The summed E-state index contributed by atoms with van der Waals surface area (Å²) < 4.78 is 5.24. The number of esters is 1. The molecule has 0 radical (unpaired) electrons. The van der Waals surface area contributed by atoms with Crippen LogP contribution in [0.25, 0.3) is 0 Å². The number of hydrogen-bond donors (Lipinski definition) is 1. The van der Waals surface area contributed by atoms with Gasteiger partial charge in [-0.1, -0.05) is 50.6 Å². The van der Waals surface area contributed by atoms with Crippen LogP contribution in [0.4, 0.5) is 5.00 Å². The Hall–Kier alpha value is -2.65. The lowest BCUT2D eigenvalue weighted by Gasteiger charge is -2.21. The normalized spacial score (nSPS) is 12.7. The zero-order valence-electron chi connectivity index (χ0n) is 14.2. The van der Waals surface area contributed by atoms with Crippen LogP contribution in [0.5, 0.6) is 0 Å². The Morgan fingerprint density at radius 2 is 2.00 bits per heavy atom. The van der Waals surface area contributed by atoms with Gasteiger partial charge in [0, 0.05) is 0 Å². The molecule has 0 saturated heterocycles. The van der Waals surface area contributed by atoms with Crippen molar-refractivity contribution < 1.29 is 14.3 Å². The lowest BCUT2D eigenvalue weighted by molar-refractivity contribution is -0.150. The summed E-state index contributed by atoms with van der Waals surface area (Å²) >= 11 is 1.25. The largest absolute Gasteiger partial charge is 0.455 e. The molecule has 1 N–H and O–H groups in total. The van der Waals surface area contributed by atoms with Crippen molar-refractivity contribution in [2.75, 3.05) is 11.9 Å². The van der Waals surface area contributed by atoms with Crippen molar-refractivity contribution in [3.05, 3.63) is 52.9 Å². The van der Waals surface area contributed by atoms with Crippen LogP contribution < -0.4 is 5.32 Å². The predicted molar refractivity (Wildman–Crippen MR) is 97.3 cm³/mol. The number of carbonyl (C=O) groups is 2. The quantitative estimate of drug-likeness (QED) is 0.762. The zero-order valence-corrected chi connectivity index (χ0v) is 15.0. The van der Waals surface area contributed by atoms with Crippen LogP contribution in [-0.2, 0) is 14.3 Å². The monoisotopic (exact) mass is 356 g/mol. The number of benzene rings is 1. The molecule has 0 aliphatic carbocycles. The third-order valence-corrected chi connectivity index (χ3v) is 4.84. The van der Waals surface area contributed by atoms with Crippen LogP contribution >= 0.6 is 11.3 Å². The van der Waals surface area contributed by atoms with Gasteiger partial charge in [0.05, 0.1) is 11.5 Å². The van der Waals surface area contributed by atoms with E-state index in [0.29, 0.717) is 10.6 Å². The predicted octanol–water partition coefficient (Wildman–Crippen LogP) is 3.93. The number of nitrogens with zero attached hydrogens (tertiary/aromatic N) is 1. The van der Waals surface area contributed by atoms with Crippen LogP contribution in [0, 0.1) is 17.2 Å². The van der Waals surface area contributed by atoms with E-state index >= 15 is 0 Å². The molecular weight excluding hydrogens is 336 g/mol. The molecule has 0 spiro atoms. The number of ether oxygens (including phenoxy) is 1. The molecule has 1 amide bonds. The van der Waals surface area contributed by atoms with Crippen LogP contribution in [-0.4, -0.2) is 18.5 Å². The minimum atomic E-state index is -0.455. The smallest absolute Gasteiger partial charge is 0.314 e. The van der Waals surface area contributed by atoms with Crippen molar-refractivity contribution in [1.82, 2.24) is 0 Å². The summed E-state index contributed by atoms with van der Waals surface area (Å²) in [4.78, 5) is 24.5. The van der Waals surface area contributed by atoms with E-state index in [4.69, 9.17) is 10.00 Å². The maximum Gasteiger partial charge on any atom is 0.314 e. The Balaban J connectivity index is 1.99. The van der Waals surface area contributed by atoms with Crippen LogP contribution in [0.2, 0.25) is 0 Å². The number of amides is 1. The van der Waals surface area contributed by atoms with Crippen molar-refractivity contribution in [3.8, 4) is 6.07 Å². The highest BCUT2D eigenvalue weighted by Gasteiger charge is 2.27. The minimum absolute atomic E-state index is 0.0976. The number of nitrogens with one attached hydrogen (secondary N) is 1. The molecule has 2 aromatic rings. The first-order valence-corrected chi connectivity index (χ1v) is 8.93. The molecule has 1 heterocycles. The molecule has 0 unspecified atom stereocenters. The highest BCUT2D eigenvalue weighted by Crippen LogP contribution is 2.28. The number of anilines is 1. The Kier molecular flexibility index (Phi) is 6.72. The van der Waals surface area contributed by atoms with Crippen molar-refractivity contribution in [1.29, 1.82) is 5.26 Å². The van der Waals surface area contributed by atoms with Gasteiger partial charge in [-0.25, -0.2) is 0 Å². The standard InChI is InChI=1S/C19H20N2O3S/c1-3-13(2)17(14-7-5-4-6-8-14)19(23)24-12-16(22)21-18-15(11-20)9-10-25-18/h4-10,13,17H,3,12H2,1-2H3,(H,21,22)/t13-,17+/m0/s1. The number of hydrogen-bond acceptors (Lipinski definition) is 5. The van der Waals surface area contributed by atoms with Crippen LogP contribution in [0.3, 0.4) is 0 Å². The van der Waals surface area contributed by atoms with E-state index in [1.807, 2.05) is 50.2 Å². The maximum absolute atomic E-state index is 12.5. The fraction of sp³-hybridized carbons (Fsp3) is 0.316. The molecule has 0 fully saturated rings. The van der Waals surface area contributed by atoms with Crippen LogP contribution in [0.1, 0.15) is 37.3 Å². The molecule has 0 aliphatic rings. The third kappa shape index (κ3) is 4.91. The average Bonchev–Trinajstić information content (AvgIpc) is 3.08. The summed E-state index contributed by atoms with van der Waals surface area (Å²) in [5, 5.41) is 13.7. The van der Waals surface area contributed by atoms with E-state index in [1.165, 1.54) is 11.3 Å². The van der Waals surface area contributed by atoms with Crippen LogP contribution in [0.15, 0.2) is 41.8 Å². The first kappa shape index (κ1) is 18.7. The van der Waals surface area contributed by atoms with Gasteiger partial charge >= 0.3 is 5.97 Å². The van der Waals surface area contributed by atoms with E-state index in [2.05, 4.69) is 5.32 Å². The molecular formula is C19H20N2O3S. The Labute approximate surface area is 151 Å². The maximum atomic E-state index is 12.5. The van der Waals surface area contributed by atoms with Gasteiger partial charge in [0.2, 0.25) is 0 Å². The van der Waals surface area contributed by atoms with E-state index in [9.17, 15) is 9.59 Å². The average molecular weight is 356 g/mol. The van der Waals surface area contributed by atoms with Gasteiger partial charge in [0.1, 0.15) is 11.1 Å². The van der Waals surface area contributed by atoms with E-state index in [0.717, 1.165) is 12.0 Å². The minimum Gasteiger partial charge on any atom is -0.455 e. The molecule has 130 valence electrons. The first-order valence-electron chi connectivity index (χ1n) is 8.05. The van der Waals surface area contributed by atoms with Gasteiger partial charge in [-0.3, -0.25) is 9.59 Å². The molecule has 25 heavy (non-hydrogen) atoms. The van der Waals surface area contributed by atoms with Gasteiger partial charge in [-0.15, -0.1) is 11.3 Å². The SMILES string of the molecule is CC[C@H](C)[C@@H](C(=O)OCC(=O)Nc1sccc1C#N)c1ccccc1. The Bertz CT molecular complexity index is 764. The fourth-order valence-corrected chi connectivity index (χ4v) is 3.23. The van der Waals surface area contributed by atoms with E-state index < -0.39 is 17.8 Å². The molecule has 5 nitrogen and oxygen atoms in total. The van der Waals surface area contributed by atoms with Crippen molar-refractivity contribution in [2.24, 2.45) is 5.92 Å². The molecule has 2 atom stereocenters. The van der Waals surface area contributed by atoms with Crippen molar-refractivity contribution in [2.45, 2.75) is 26.2 Å². The molecule has 0 saturated carbocycles. The highest BCUT2D eigenvalue weighted by molar-refractivity contribution is 7.14. The number of thiophene rings is 1. The van der Waals surface area contributed by atoms with Crippen molar-refractivity contribution >= 4 is 28.2 Å². The molecule has 1 aromatic heterocycles. The third-order valence-electron chi connectivity index (χ3n) is 4.01. The summed E-state index contributed by atoms with van der Waals surface area (Å²) in [5.41, 5.74) is 1.28. The Morgan fingerprint density at radius 1 is 1.28 bits per heavy atom. The summed E-state index contributed by atoms with van der Waals surface area (Å²) in [5.74, 6) is -1.18. The molecule has 6 heteroatoms. The topological polar surface area (TPSA) is 79.2 Å².